The maximum Gasteiger partial charge on any atom is 0.407 e. The van der Waals surface area contributed by atoms with E-state index in [2.05, 4.69) is 0 Å². The zero-order chi connectivity index (χ0) is 14.2. The van der Waals surface area contributed by atoms with E-state index in [1.54, 1.807) is 6.08 Å². The first-order valence-electron chi connectivity index (χ1n) is 6.23. The average molecular weight is 275 g/mol. The number of allylic oxidation sites excluding steroid dienone is 3. The topological polar surface area (TPSA) is 40.5 Å². The number of rotatable bonds is 1. The molecule has 0 bridgehead atoms. The maximum atomic E-state index is 12.5. The monoisotopic (exact) mass is 275 g/mol. The fourth-order valence-electron chi connectivity index (χ4n) is 2.72. The van der Waals surface area contributed by atoms with E-state index in [1.807, 2.05) is 6.92 Å². The van der Waals surface area contributed by atoms with Crippen molar-refractivity contribution >= 4 is 6.09 Å². The van der Waals surface area contributed by atoms with Crippen LogP contribution in [0.3, 0.4) is 0 Å². The summed E-state index contributed by atoms with van der Waals surface area (Å²) >= 11 is 0. The number of halogens is 3. The Morgan fingerprint density at radius 1 is 1.47 bits per heavy atom. The Bertz CT molecular complexity index is 428. The number of likely N-dealkylation sites (tertiary alicyclic amines) is 1. The molecule has 2 aliphatic rings. The van der Waals surface area contributed by atoms with Crippen LogP contribution in [0.4, 0.5) is 18.0 Å². The lowest BCUT2D eigenvalue weighted by Gasteiger charge is -2.21. The third-order valence-electron chi connectivity index (χ3n) is 3.84. The van der Waals surface area contributed by atoms with Crippen LogP contribution in [-0.2, 0) is 0 Å². The standard InChI is InChI=1S/C13H16F3NO2/c1-8-6-10(7-17(8)12(18)19)9-2-4-11(5-3-9)13(14,15)16/h2-4,8,10-11H,5-7H2,1H3,(H,18,19)/t8-,10?,11?/m1/s1. The van der Waals surface area contributed by atoms with Crippen molar-refractivity contribution in [1.82, 2.24) is 4.90 Å². The molecule has 1 fully saturated rings. The molecule has 0 aromatic heterocycles. The summed E-state index contributed by atoms with van der Waals surface area (Å²) in [5.74, 6) is -1.40. The Morgan fingerprint density at radius 2 is 2.16 bits per heavy atom. The van der Waals surface area contributed by atoms with Gasteiger partial charge in [-0.3, -0.25) is 0 Å². The molecule has 106 valence electrons. The molecule has 1 amide bonds. The van der Waals surface area contributed by atoms with E-state index in [-0.39, 0.29) is 18.4 Å². The third kappa shape index (κ3) is 2.93. The van der Waals surface area contributed by atoms with Crippen LogP contribution in [0.5, 0.6) is 0 Å². The van der Waals surface area contributed by atoms with E-state index in [0.29, 0.717) is 13.0 Å². The average Bonchev–Trinajstić information content (AvgIpc) is 2.70. The molecular formula is C13H16F3NO2. The summed E-state index contributed by atoms with van der Waals surface area (Å²) in [6.07, 6.45) is -0.265. The Kier molecular flexibility index (Phi) is 3.60. The molecule has 19 heavy (non-hydrogen) atoms. The molecule has 6 heteroatoms. The van der Waals surface area contributed by atoms with Crippen LogP contribution in [0, 0.1) is 11.8 Å². The van der Waals surface area contributed by atoms with E-state index in [0.717, 1.165) is 5.57 Å². The first-order valence-corrected chi connectivity index (χ1v) is 6.23. The van der Waals surface area contributed by atoms with Crippen LogP contribution in [0.1, 0.15) is 19.8 Å². The summed E-state index contributed by atoms with van der Waals surface area (Å²) in [4.78, 5) is 12.3. The molecule has 3 atom stereocenters. The summed E-state index contributed by atoms with van der Waals surface area (Å²) in [5.41, 5.74) is 0.830. The van der Waals surface area contributed by atoms with Gasteiger partial charge < -0.3 is 10.0 Å². The first kappa shape index (κ1) is 14.0. The fraction of sp³-hybridized carbons (Fsp3) is 0.615. The Morgan fingerprint density at radius 3 is 2.58 bits per heavy atom. The smallest absolute Gasteiger partial charge is 0.407 e. The summed E-state index contributed by atoms with van der Waals surface area (Å²) < 4.78 is 37.5. The molecule has 0 aromatic rings. The lowest BCUT2D eigenvalue weighted by molar-refractivity contribution is -0.160. The number of hydrogen-bond acceptors (Lipinski definition) is 1. The highest BCUT2D eigenvalue weighted by molar-refractivity contribution is 5.66. The summed E-state index contributed by atoms with van der Waals surface area (Å²) in [6, 6.07) is -0.0860. The van der Waals surface area contributed by atoms with Gasteiger partial charge in [-0.2, -0.15) is 13.2 Å². The van der Waals surface area contributed by atoms with Crippen molar-refractivity contribution < 1.29 is 23.1 Å². The molecule has 1 aliphatic carbocycles. The van der Waals surface area contributed by atoms with Crippen molar-refractivity contribution in [3.8, 4) is 0 Å². The van der Waals surface area contributed by atoms with Crippen molar-refractivity contribution in [3.05, 3.63) is 23.8 Å². The molecule has 2 rings (SSSR count). The number of alkyl halides is 3. The normalized spacial score (nSPS) is 31.5. The summed E-state index contributed by atoms with van der Waals surface area (Å²) in [5, 5.41) is 8.99. The van der Waals surface area contributed by atoms with E-state index in [9.17, 15) is 18.0 Å². The fourth-order valence-corrected chi connectivity index (χ4v) is 2.72. The van der Waals surface area contributed by atoms with Gasteiger partial charge in [0.05, 0.1) is 5.92 Å². The van der Waals surface area contributed by atoms with Crippen molar-refractivity contribution in [2.75, 3.05) is 6.54 Å². The van der Waals surface area contributed by atoms with Gasteiger partial charge in [0.2, 0.25) is 0 Å². The molecule has 1 heterocycles. The lowest BCUT2D eigenvalue weighted by atomic mass is 9.88. The molecule has 1 saturated heterocycles. The van der Waals surface area contributed by atoms with Gasteiger partial charge >= 0.3 is 12.3 Å². The molecule has 0 aromatic carbocycles. The molecule has 3 nitrogen and oxygen atoms in total. The molecule has 0 saturated carbocycles. The zero-order valence-corrected chi connectivity index (χ0v) is 10.5. The molecule has 0 spiro atoms. The maximum absolute atomic E-state index is 12.5. The number of amides is 1. The van der Waals surface area contributed by atoms with Crippen LogP contribution < -0.4 is 0 Å². The van der Waals surface area contributed by atoms with Gasteiger partial charge in [-0.1, -0.05) is 18.2 Å². The van der Waals surface area contributed by atoms with Gasteiger partial charge in [0, 0.05) is 18.5 Å². The van der Waals surface area contributed by atoms with Crippen molar-refractivity contribution in [2.24, 2.45) is 11.8 Å². The minimum absolute atomic E-state index is 0.0107. The predicted molar refractivity (Wildman–Crippen MR) is 63.7 cm³/mol. The largest absolute Gasteiger partial charge is 0.465 e. The minimum atomic E-state index is -4.20. The van der Waals surface area contributed by atoms with Gasteiger partial charge in [0.25, 0.3) is 0 Å². The highest BCUT2D eigenvalue weighted by Crippen LogP contribution is 2.37. The number of nitrogens with zero attached hydrogens (tertiary/aromatic N) is 1. The Hall–Kier alpha value is -1.46. The van der Waals surface area contributed by atoms with Crippen LogP contribution >= 0.6 is 0 Å². The number of carboxylic acid groups (broad SMARTS) is 1. The molecule has 1 N–H and O–H groups in total. The van der Waals surface area contributed by atoms with Gasteiger partial charge in [-0.25, -0.2) is 4.79 Å². The second kappa shape index (κ2) is 4.90. The van der Waals surface area contributed by atoms with Crippen LogP contribution in [0.2, 0.25) is 0 Å². The van der Waals surface area contributed by atoms with Gasteiger partial charge in [0.15, 0.2) is 0 Å². The Balaban J connectivity index is 2.01. The number of carbonyl (C=O) groups is 1. The minimum Gasteiger partial charge on any atom is -0.465 e. The van der Waals surface area contributed by atoms with Crippen LogP contribution in [-0.4, -0.2) is 34.9 Å². The van der Waals surface area contributed by atoms with Crippen molar-refractivity contribution in [3.63, 3.8) is 0 Å². The van der Waals surface area contributed by atoms with Gasteiger partial charge in [0.1, 0.15) is 0 Å². The SMILES string of the molecule is C[C@@H]1CC(C2=CCC(C(F)(F)F)C=C2)CN1C(=O)O. The zero-order valence-electron chi connectivity index (χ0n) is 10.5. The highest BCUT2D eigenvalue weighted by atomic mass is 19.4. The van der Waals surface area contributed by atoms with Gasteiger partial charge in [-0.05, 0) is 25.3 Å². The summed E-state index contributed by atoms with van der Waals surface area (Å²) in [6.45, 7) is 2.18. The molecule has 1 aliphatic heterocycles. The van der Waals surface area contributed by atoms with Gasteiger partial charge in [-0.15, -0.1) is 0 Å². The lowest BCUT2D eigenvalue weighted by Crippen LogP contribution is -2.32. The van der Waals surface area contributed by atoms with Crippen LogP contribution in [0.25, 0.3) is 0 Å². The van der Waals surface area contributed by atoms with E-state index in [1.165, 1.54) is 17.1 Å². The van der Waals surface area contributed by atoms with Crippen molar-refractivity contribution in [2.45, 2.75) is 32.0 Å². The third-order valence-corrected chi connectivity index (χ3v) is 3.84. The molecular weight excluding hydrogens is 259 g/mol. The summed E-state index contributed by atoms with van der Waals surface area (Å²) in [7, 11) is 0. The number of hydrogen-bond donors (Lipinski definition) is 1. The molecule has 0 radical (unpaired) electrons. The quantitative estimate of drug-likeness (QED) is 0.796. The van der Waals surface area contributed by atoms with Crippen LogP contribution in [0.15, 0.2) is 23.8 Å². The van der Waals surface area contributed by atoms with E-state index < -0.39 is 18.2 Å². The highest BCUT2D eigenvalue weighted by Gasteiger charge is 2.39. The Labute approximate surface area is 109 Å². The second-order valence-electron chi connectivity index (χ2n) is 5.16. The van der Waals surface area contributed by atoms with Crippen molar-refractivity contribution in [1.29, 1.82) is 0 Å². The molecule has 2 unspecified atom stereocenters. The van der Waals surface area contributed by atoms with E-state index in [4.69, 9.17) is 5.11 Å². The van der Waals surface area contributed by atoms with E-state index >= 15 is 0 Å². The first-order chi connectivity index (χ1) is 8.79. The second-order valence-corrected chi connectivity index (χ2v) is 5.16. The predicted octanol–water partition coefficient (Wildman–Crippen LogP) is 3.44.